The van der Waals surface area contributed by atoms with Crippen molar-refractivity contribution in [2.24, 2.45) is 5.73 Å². The molecular formula is C7H13N3O4. The number of carboxylic acids is 1. The lowest BCUT2D eigenvalue weighted by molar-refractivity contribution is -0.135. The minimum Gasteiger partial charge on any atom is -0.480 e. The van der Waals surface area contributed by atoms with Gasteiger partial charge < -0.3 is 21.1 Å². The number of amides is 3. The lowest BCUT2D eigenvalue weighted by atomic mass is 10.5. The molecule has 0 heterocycles. The Bertz CT molecular complexity index is 241. The van der Waals surface area contributed by atoms with Gasteiger partial charge >= 0.3 is 12.0 Å². The van der Waals surface area contributed by atoms with Crippen molar-refractivity contribution in [2.75, 3.05) is 19.6 Å². The largest absolute Gasteiger partial charge is 0.480 e. The van der Waals surface area contributed by atoms with Crippen LogP contribution in [-0.2, 0) is 9.59 Å². The molecule has 0 radical (unpaired) electrons. The molecule has 0 rings (SSSR count). The number of nitrogens with one attached hydrogen (secondary N) is 1. The summed E-state index contributed by atoms with van der Waals surface area (Å²) in [7, 11) is 0. The number of aliphatic carboxylic acids is 1. The van der Waals surface area contributed by atoms with E-state index in [9.17, 15) is 14.4 Å². The van der Waals surface area contributed by atoms with Crippen molar-refractivity contribution in [3.8, 4) is 0 Å². The molecule has 7 nitrogen and oxygen atoms in total. The summed E-state index contributed by atoms with van der Waals surface area (Å²) in [5, 5.41) is 10.4. The molecule has 0 saturated heterocycles. The third-order valence-corrected chi connectivity index (χ3v) is 1.41. The van der Waals surface area contributed by atoms with Crippen molar-refractivity contribution in [3.63, 3.8) is 0 Å². The predicted octanol–water partition coefficient (Wildman–Crippen LogP) is -1.41. The van der Waals surface area contributed by atoms with Crippen LogP contribution in [0, 0.1) is 0 Å². The second-order valence-corrected chi connectivity index (χ2v) is 2.53. The normalized spacial score (nSPS) is 9.21. The maximum atomic E-state index is 11.2. The van der Waals surface area contributed by atoms with Gasteiger partial charge in [-0.15, -0.1) is 0 Å². The first kappa shape index (κ1) is 12.2. The summed E-state index contributed by atoms with van der Waals surface area (Å²) < 4.78 is 0. The van der Waals surface area contributed by atoms with Crippen LogP contribution in [-0.4, -0.2) is 47.5 Å². The number of carbonyl (C=O) groups excluding carboxylic acids is 2. The molecule has 3 amide bonds. The van der Waals surface area contributed by atoms with E-state index in [4.69, 9.17) is 10.8 Å². The standard InChI is InChI=1S/C7H13N3O4/c1-2-10(4-5(8)11)7(14)9-3-6(12)13/h2-4H2,1H3,(H2,8,11)(H,9,14)(H,12,13). The first-order valence-corrected chi connectivity index (χ1v) is 4.00. The Hall–Kier alpha value is -1.79. The Morgan fingerprint density at radius 2 is 2.00 bits per heavy atom. The van der Waals surface area contributed by atoms with E-state index in [0.717, 1.165) is 4.90 Å². The van der Waals surface area contributed by atoms with Crippen LogP contribution in [0.3, 0.4) is 0 Å². The number of hydrogen-bond donors (Lipinski definition) is 3. The zero-order chi connectivity index (χ0) is 11.1. The fraction of sp³-hybridized carbons (Fsp3) is 0.571. The average Bonchev–Trinajstić information content (AvgIpc) is 2.09. The second-order valence-electron chi connectivity index (χ2n) is 2.53. The van der Waals surface area contributed by atoms with Gasteiger partial charge in [0.1, 0.15) is 13.1 Å². The predicted molar refractivity (Wildman–Crippen MR) is 47.5 cm³/mol. The van der Waals surface area contributed by atoms with E-state index in [1.807, 2.05) is 0 Å². The fourth-order valence-electron chi connectivity index (χ4n) is 0.778. The van der Waals surface area contributed by atoms with E-state index in [2.05, 4.69) is 5.32 Å². The van der Waals surface area contributed by atoms with Crippen molar-refractivity contribution in [1.29, 1.82) is 0 Å². The first-order chi connectivity index (χ1) is 6.47. The Labute approximate surface area is 80.9 Å². The number of primary amides is 1. The Morgan fingerprint density at radius 3 is 2.36 bits per heavy atom. The second kappa shape index (κ2) is 5.79. The molecule has 0 aliphatic rings. The molecule has 0 atom stereocenters. The highest BCUT2D eigenvalue weighted by atomic mass is 16.4. The molecule has 0 spiro atoms. The van der Waals surface area contributed by atoms with Gasteiger partial charge in [-0.05, 0) is 6.92 Å². The number of carboxylic acid groups (broad SMARTS) is 1. The molecule has 0 unspecified atom stereocenters. The van der Waals surface area contributed by atoms with Gasteiger partial charge in [-0.2, -0.15) is 0 Å². The van der Waals surface area contributed by atoms with E-state index in [0.29, 0.717) is 0 Å². The summed E-state index contributed by atoms with van der Waals surface area (Å²) in [6.07, 6.45) is 0. The van der Waals surface area contributed by atoms with Gasteiger partial charge in [0.05, 0.1) is 0 Å². The van der Waals surface area contributed by atoms with Gasteiger partial charge in [0.25, 0.3) is 0 Å². The van der Waals surface area contributed by atoms with E-state index >= 15 is 0 Å². The highest BCUT2D eigenvalue weighted by molar-refractivity contribution is 5.84. The van der Waals surface area contributed by atoms with Crippen molar-refractivity contribution < 1.29 is 19.5 Å². The summed E-state index contributed by atoms with van der Waals surface area (Å²) in [4.78, 5) is 32.9. The van der Waals surface area contributed by atoms with Gasteiger partial charge in [0.15, 0.2) is 0 Å². The quantitative estimate of drug-likeness (QED) is 0.509. The van der Waals surface area contributed by atoms with Gasteiger partial charge in [-0.1, -0.05) is 0 Å². The van der Waals surface area contributed by atoms with Crippen LogP contribution >= 0.6 is 0 Å². The summed E-state index contributed by atoms with van der Waals surface area (Å²) >= 11 is 0. The minimum atomic E-state index is -1.14. The molecule has 14 heavy (non-hydrogen) atoms. The van der Waals surface area contributed by atoms with Gasteiger partial charge in [-0.3, -0.25) is 9.59 Å². The third-order valence-electron chi connectivity index (χ3n) is 1.41. The van der Waals surface area contributed by atoms with E-state index in [1.165, 1.54) is 0 Å². The van der Waals surface area contributed by atoms with Crippen LogP contribution in [0.5, 0.6) is 0 Å². The summed E-state index contributed by atoms with van der Waals surface area (Å²) in [6.45, 7) is 1.24. The Morgan fingerprint density at radius 1 is 1.43 bits per heavy atom. The Kier molecular flexibility index (Phi) is 5.05. The van der Waals surface area contributed by atoms with E-state index in [1.54, 1.807) is 6.92 Å². The SMILES string of the molecule is CCN(CC(N)=O)C(=O)NCC(=O)O. The molecule has 0 fully saturated rings. The number of rotatable bonds is 5. The van der Waals surface area contributed by atoms with Crippen molar-refractivity contribution in [2.45, 2.75) is 6.92 Å². The molecule has 0 aromatic heterocycles. The van der Waals surface area contributed by atoms with Crippen LogP contribution in [0.25, 0.3) is 0 Å². The minimum absolute atomic E-state index is 0.220. The first-order valence-electron chi connectivity index (χ1n) is 4.00. The molecule has 0 saturated carbocycles. The number of nitrogens with zero attached hydrogens (tertiary/aromatic N) is 1. The molecule has 0 aliphatic heterocycles. The molecule has 7 heteroatoms. The average molecular weight is 203 g/mol. The molecule has 4 N–H and O–H groups in total. The maximum absolute atomic E-state index is 11.2. The molecule has 0 aromatic carbocycles. The zero-order valence-corrected chi connectivity index (χ0v) is 7.82. The number of urea groups is 1. The maximum Gasteiger partial charge on any atom is 0.323 e. The smallest absolute Gasteiger partial charge is 0.323 e. The fourth-order valence-corrected chi connectivity index (χ4v) is 0.778. The Balaban J connectivity index is 4.04. The van der Waals surface area contributed by atoms with Gasteiger partial charge in [-0.25, -0.2) is 4.79 Å². The lowest BCUT2D eigenvalue weighted by Gasteiger charge is -2.18. The van der Waals surface area contributed by atoms with Crippen molar-refractivity contribution in [3.05, 3.63) is 0 Å². The van der Waals surface area contributed by atoms with Crippen LogP contribution < -0.4 is 11.1 Å². The number of likely N-dealkylation sites (N-methyl/N-ethyl adjacent to an activating group) is 1. The molecular weight excluding hydrogens is 190 g/mol. The summed E-state index contributed by atoms with van der Waals surface area (Å²) in [6, 6.07) is -0.617. The molecule has 80 valence electrons. The van der Waals surface area contributed by atoms with Crippen LogP contribution in [0.1, 0.15) is 6.92 Å². The van der Waals surface area contributed by atoms with Crippen molar-refractivity contribution >= 4 is 17.9 Å². The van der Waals surface area contributed by atoms with Gasteiger partial charge in [0, 0.05) is 6.54 Å². The van der Waals surface area contributed by atoms with Gasteiger partial charge in [0.2, 0.25) is 5.91 Å². The highest BCUT2D eigenvalue weighted by Crippen LogP contribution is 1.87. The number of carbonyl (C=O) groups is 3. The van der Waals surface area contributed by atoms with E-state index < -0.39 is 24.5 Å². The summed E-state index contributed by atoms with van der Waals surface area (Å²) in [5.41, 5.74) is 4.89. The van der Waals surface area contributed by atoms with Crippen LogP contribution in [0.15, 0.2) is 0 Å². The molecule has 0 aliphatic carbocycles. The van der Waals surface area contributed by atoms with Crippen molar-refractivity contribution in [1.82, 2.24) is 10.2 Å². The zero-order valence-electron chi connectivity index (χ0n) is 7.82. The monoisotopic (exact) mass is 203 g/mol. The topological polar surface area (TPSA) is 113 Å². The molecule has 0 bridgehead atoms. The number of hydrogen-bond acceptors (Lipinski definition) is 3. The highest BCUT2D eigenvalue weighted by Gasteiger charge is 2.13. The third kappa shape index (κ3) is 4.96. The number of nitrogens with two attached hydrogens (primary N) is 1. The molecule has 0 aromatic rings. The van der Waals surface area contributed by atoms with Crippen LogP contribution in [0.2, 0.25) is 0 Å². The summed E-state index contributed by atoms with van der Waals surface area (Å²) in [5.74, 6) is -1.79. The lowest BCUT2D eigenvalue weighted by Crippen LogP contribution is -2.45. The van der Waals surface area contributed by atoms with Crippen LogP contribution in [0.4, 0.5) is 4.79 Å². The van der Waals surface area contributed by atoms with E-state index in [-0.39, 0.29) is 13.1 Å².